The quantitative estimate of drug-likeness (QED) is 0.538. The van der Waals surface area contributed by atoms with Crippen LogP contribution < -0.4 is 0 Å². The number of carboxylic acids is 1. The van der Waals surface area contributed by atoms with Crippen LogP contribution in [0.4, 0.5) is 0 Å². The van der Waals surface area contributed by atoms with Gasteiger partial charge < -0.3 is 14.9 Å². The fourth-order valence-corrected chi connectivity index (χ4v) is 0.752. The maximum atomic E-state index is 10.7. The zero-order chi connectivity index (χ0) is 13.0. The van der Waals surface area contributed by atoms with Crippen molar-refractivity contribution in [2.24, 2.45) is 0 Å². The van der Waals surface area contributed by atoms with Crippen molar-refractivity contribution in [3.05, 3.63) is 0 Å². The van der Waals surface area contributed by atoms with Crippen molar-refractivity contribution in [2.75, 3.05) is 6.61 Å². The molecule has 0 spiro atoms. The molecule has 0 aliphatic rings. The third-order valence-corrected chi connectivity index (χ3v) is 1.65. The Labute approximate surface area is 96.4 Å². The van der Waals surface area contributed by atoms with E-state index in [1.165, 1.54) is 6.92 Å². The molecular weight excluding hydrogens is 212 g/mol. The Morgan fingerprint density at radius 1 is 1.25 bits per heavy atom. The fourth-order valence-electron chi connectivity index (χ4n) is 0.752. The summed E-state index contributed by atoms with van der Waals surface area (Å²) < 4.78 is 4.75. The summed E-state index contributed by atoms with van der Waals surface area (Å²) in [6, 6.07) is 0. The van der Waals surface area contributed by atoms with Crippen LogP contribution in [-0.4, -0.2) is 34.9 Å². The number of hydrogen-bond acceptors (Lipinski definition) is 4. The van der Waals surface area contributed by atoms with E-state index >= 15 is 0 Å². The zero-order valence-corrected chi connectivity index (χ0v) is 10.2. The van der Waals surface area contributed by atoms with Gasteiger partial charge in [0.25, 0.3) is 0 Å². The van der Waals surface area contributed by atoms with Crippen molar-refractivity contribution < 1.29 is 24.5 Å². The van der Waals surface area contributed by atoms with Gasteiger partial charge in [-0.25, -0.2) is 4.79 Å². The highest BCUT2D eigenvalue weighted by Gasteiger charge is 2.01. The second kappa shape index (κ2) is 12.0. The summed E-state index contributed by atoms with van der Waals surface area (Å²) >= 11 is 0. The van der Waals surface area contributed by atoms with E-state index in [2.05, 4.69) is 6.92 Å². The molecule has 0 aliphatic heterocycles. The Hall–Kier alpha value is -1.10. The van der Waals surface area contributed by atoms with Crippen LogP contribution in [-0.2, 0) is 14.3 Å². The van der Waals surface area contributed by atoms with Crippen molar-refractivity contribution in [1.29, 1.82) is 0 Å². The van der Waals surface area contributed by atoms with Crippen molar-refractivity contribution in [3.8, 4) is 0 Å². The highest BCUT2D eigenvalue weighted by molar-refractivity contribution is 5.71. The lowest BCUT2D eigenvalue weighted by atomic mass is 10.2. The Morgan fingerprint density at radius 2 is 1.75 bits per heavy atom. The predicted octanol–water partition coefficient (Wildman–Crippen LogP) is 1.58. The molecule has 1 atom stereocenters. The number of esters is 1. The van der Waals surface area contributed by atoms with E-state index in [9.17, 15) is 9.59 Å². The SMILES string of the molecule is CC(O)C(=O)O.CCCCCC(=O)OCC. The molecule has 5 heteroatoms. The van der Waals surface area contributed by atoms with E-state index < -0.39 is 12.1 Å². The first-order chi connectivity index (χ1) is 7.45. The van der Waals surface area contributed by atoms with Crippen molar-refractivity contribution in [3.63, 3.8) is 0 Å². The number of hydrogen-bond donors (Lipinski definition) is 2. The molecule has 0 aromatic carbocycles. The number of carbonyl (C=O) groups excluding carboxylic acids is 1. The molecule has 0 rings (SSSR count). The topological polar surface area (TPSA) is 83.8 Å². The molecule has 5 nitrogen and oxygen atoms in total. The van der Waals surface area contributed by atoms with Gasteiger partial charge in [-0.3, -0.25) is 4.79 Å². The molecule has 0 fully saturated rings. The summed E-state index contributed by atoms with van der Waals surface area (Å²) in [5.41, 5.74) is 0. The lowest BCUT2D eigenvalue weighted by Gasteiger charge is -1.99. The van der Waals surface area contributed by atoms with Gasteiger partial charge >= 0.3 is 11.9 Å². The van der Waals surface area contributed by atoms with E-state index in [-0.39, 0.29) is 5.97 Å². The largest absolute Gasteiger partial charge is 0.479 e. The lowest BCUT2D eigenvalue weighted by molar-refractivity contribution is -0.145. The average Bonchev–Trinajstić information content (AvgIpc) is 2.19. The minimum absolute atomic E-state index is 0.0593. The maximum absolute atomic E-state index is 10.7. The van der Waals surface area contributed by atoms with Gasteiger partial charge in [0.2, 0.25) is 0 Å². The first-order valence-electron chi connectivity index (χ1n) is 5.52. The molecule has 0 aromatic heterocycles. The summed E-state index contributed by atoms with van der Waals surface area (Å²) in [4.78, 5) is 20.1. The molecule has 0 aliphatic carbocycles. The van der Waals surface area contributed by atoms with Crippen molar-refractivity contribution in [1.82, 2.24) is 0 Å². The van der Waals surface area contributed by atoms with E-state index in [1.54, 1.807) is 0 Å². The maximum Gasteiger partial charge on any atom is 0.332 e. The van der Waals surface area contributed by atoms with Crippen LogP contribution in [0.2, 0.25) is 0 Å². The Kier molecular flexibility index (Phi) is 12.9. The van der Waals surface area contributed by atoms with E-state index in [4.69, 9.17) is 14.9 Å². The van der Waals surface area contributed by atoms with E-state index in [0.29, 0.717) is 13.0 Å². The fraction of sp³-hybridized carbons (Fsp3) is 0.818. The minimum atomic E-state index is -1.23. The smallest absolute Gasteiger partial charge is 0.332 e. The molecule has 2 N–H and O–H groups in total. The van der Waals surface area contributed by atoms with E-state index in [0.717, 1.165) is 19.3 Å². The molecule has 0 saturated carbocycles. The summed E-state index contributed by atoms with van der Waals surface area (Å²) in [5, 5.41) is 15.8. The number of ether oxygens (including phenoxy) is 1. The third-order valence-electron chi connectivity index (χ3n) is 1.65. The molecule has 16 heavy (non-hydrogen) atoms. The number of unbranched alkanes of at least 4 members (excludes halogenated alkanes) is 2. The van der Waals surface area contributed by atoms with Crippen molar-refractivity contribution in [2.45, 2.75) is 52.6 Å². The number of carbonyl (C=O) groups is 2. The van der Waals surface area contributed by atoms with Gasteiger partial charge in [-0.05, 0) is 20.3 Å². The molecular formula is C11H22O5. The number of aliphatic hydroxyl groups is 1. The van der Waals surface area contributed by atoms with Gasteiger partial charge in [0.1, 0.15) is 6.10 Å². The molecule has 0 heterocycles. The molecule has 96 valence electrons. The van der Waals surface area contributed by atoms with Gasteiger partial charge in [0.05, 0.1) is 6.61 Å². The van der Waals surface area contributed by atoms with Gasteiger partial charge in [-0.15, -0.1) is 0 Å². The van der Waals surface area contributed by atoms with Gasteiger partial charge in [-0.2, -0.15) is 0 Å². The Bertz CT molecular complexity index is 189. The number of rotatable bonds is 6. The van der Waals surface area contributed by atoms with Crippen LogP contribution in [0.3, 0.4) is 0 Å². The molecule has 1 unspecified atom stereocenters. The molecule has 0 bridgehead atoms. The van der Waals surface area contributed by atoms with Crippen LogP contribution in [0.15, 0.2) is 0 Å². The number of carboxylic acid groups (broad SMARTS) is 1. The van der Waals surface area contributed by atoms with Crippen molar-refractivity contribution >= 4 is 11.9 Å². The first-order valence-corrected chi connectivity index (χ1v) is 5.52. The lowest BCUT2D eigenvalue weighted by Crippen LogP contribution is -2.13. The average molecular weight is 234 g/mol. The third kappa shape index (κ3) is 15.4. The minimum Gasteiger partial charge on any atom is -0.479 e. The van der Waals surface area contributed by atoms with Crippen LogP contribution in [0.1, 0.15) is 46.5 Å². The zero-order valence-electron chi connectivity index (χ0n) is 10.2. The monoisotopic (exact) mass is 234 g/mol. The van der Waals surface area contributed by atoms with Gasteiger partial charge in [0, 0.05) is 6.42 Å². The van der Waals surface area contributed by atoms with Crippen LogP contribution in [0.5, 0.6) is 0 Å². The second-order valence-corrected chi connectivity index (χ2v) is 3.28. The number of aliphatic carboxylic acids is 1. The van der Waals surface area contributed by atoms with Crippen LogP contribution in [0.25, 0.3) is 0 Å². The molecule has 0 aromatic rings. The van der Waals surface area contributed by atoms with Crippen LogP contribution in [0, 0.1) is 0 Å². The summed E-state index contributed by atoms with van der Waals surface area (Å²) in [5.74, 6) is -1.24. The summed E-state index contributed by atoms with van der Waals surface area (Å²) in [6.07, 6.45) is 2.60. The van der Waals surface area contributed by atoms with Crippen LogP contribution >= 0.6 is 0 Å². The second-order valence-electron chi connectivity index (χ2n) is 3.28. The standard InChI is InChI=1S/C8H16O2.C3H6O3/c1-3-5-6-7-8(9)10-4-2;1-2(4)3(5)6/h3-7H2,1-2H3;2,4H,1H3,(H,5,6). The first kappa shape index (κ1) is 17.3. The highest BCUT2D eigenvalue weighted by Crippen LogP contribution is 1.99. The molecule has 0 amide bonds. The molecule has 0 radical (unpaired) electrons. The molecule has 0 saturated heterocycles. The number of aliphatic hydroxyl groups excluding tert-OH is 1. The predicted molar refractivity (Wildman–Crippen MR) is 60.1 cm³/mol. The Morgan fingerprint density at radius 3 is 2.06 bits per heavy atom. The van der Waals surface area contributed by atoms with Gasteiger partial charge in [0.15, 0.2) is 0 Å². The normalized spacial score (nSPS) is 11.0. The van der Waals surface area contributed by atoms with Gasteiger partial charge in [-0.1, -0.05) is 19.8 Å². The highest BCUT2D eigenvalue weighted by atomic mass is 16.5. The summed E-state index contributed by atoms with van der Waals surface area (Å²) in [6.45, 7) is 5.65. The van der Waals surface area contributed by atoms with E-state index in [1.807, 2.05) is 6.92 Å². The summed E-state index contributed by atoms with van der Waals surface area (Å²) in [7, 11) is 0. The Balaban J connectivity index is 0.